The number of hydrogen-bond donors (Lipinski definition) is 0. The zero-order valence-electron chi connectivity index (χ0n) is 31.2. The maximum atomic E-state index is 5.35. The van der Waals surface area contributed by atoms with E-state index < -0.39 is 5.41 Å². The molecule has 0 bridgehead atoms. The molecule has 11 rings (SSSR count). The number of nitrogens with zero attached hydrogens (tertiary/aromatic N) is 3. The van der Waals surface area contributed by atoms with Gasteiger partial charge in [0.25, 0.3) is 0 Å². The number of aryl methyl sites for hydroxylation is 1. The molecule has 7 aromatic carbocycles. The van der Waals surface area contributed by atoms with Gasteiger partial charge in [0, 0.05) is 44.4 Å². The molecule has 0 fully saturated rings. The van der Waals surface area contributed by atoms with Crippen molar-refractivity contribution in [1.82, 2.24) is 15.0 Å². The number of pyridine rings is 1. The van der Waals surface area contributed by atoms with Crippen LogP contribution in [-0.2, 0) is 5.41 Å². The summed E-state index contributed by atoms with van der Waals surface area (Å²) in [4.78, 5) is 17.6. The van der Waals surface area contributed by atoms with Crippen LogP contribution in [0.25, 0.3) is 67.3 Å². The highest BCUT2D eigenvalue weighted by Gasteiger charge is 2.51. The summed E-state index contributed by atoms with van der Waals surface area (Å²) in [5, 5.41) is 0. The lowest BCUT2D eigenvalue weighted by Gasteiger charge is -2.40. The molecule has 3 nitrogen and oxygen atoms in total. The zero-order valence-corrected chi connectivity index (χ0v) is 32.0. The Balaban J connectivity index is 1.19. The van der Waals surface area contributed by atoms with Crippen molar-refractivity contribution in [3.05, 3.63) is 222 Å². The van der Waals surface area contributed by atoms with Crippen molar-refractivity contribution in [2.24, 2.45) is 0 Å². The van der Waals surface area contributed by atoms with Gasteiger partial charge in [0.05, 0.1) is 16.8 Å². The second-order valence-electron chi connectivity index (χ2n) is 14.8. The Morgan fingerprint density at radius 1 is 0.421 bits per heavy atom. The van der Waals surface area contributed by atoms with Crippen molar-refractivity contribution in [3.8, 4) is 67.3 Å². The van der Waals surface area contributed by atoms with E-state index in [0.29, 0.717) is 5.82 Å². The Kier molecular flexibility index (Phi) is 7.87. The Bertz CT molecular complexity index is 2950. The van der Waals surface area contributed by atoms with E-state index >= 15 is 0 Å². The van der Waals surface area contributed by atoms with Gasteiger partial charge in [0.2, 0.25) is 0 Å². The topological polar surface area (TPSA) is 38.7 Å². The van der Waals surface area contributed by atoms with Crippen LogP contribution in [0.2, 0.25) is 0 Å². The Hall–Kier alpha value is -6.88. The Morgan fingerprint density at radius 3 is 1.86 bits per heavy atom. The van der Waals surface area contributed by atoms with E-state index in [1.807, 2.05) is 48.4 Å². The summed E-state index contributed by atoms with van der Waals surface area (Å²) in [6.07, 6.45) is 3.86. The quantitative estimate of drug-likeness (QED) is 0.176. The van der Waals surface area contributed by atoms with Gasteiger partial charge < -0.3 is 0 Å². The van der Waals surface area contributed by atoms with Gasteiger partial charge >= 0.3 is 0 Å². The van der Waals surface area contributed by atoms with Gasteiger partial charge in [0.15, 0.2) is 5.82 Å². The summed E-state index contributed by atoms with van der Waals surface area (Å²) in [5.74, 6) is 0.711. The molecule has 0 saturated heterocycles. The van der Waals surface area contributed by atoms with Crippen molar-refractivity contribution in [2.75, 3.05) is 0 Å². The minimum atomic E-state index is -0.564. The van der Waals surface area contributed by atoms with Gasteiger partial charge in [-0.05, 0) is 92.9 Å². The summed E-state index contributed by atoms with van der Waals surface area (Å²) in [7, 11) is 0. The van der Waals surface area contributed by atoms with Gasteiger partial charge in [-0.15, -0.1) is 0 Å². The van der Waals surface area contributed by atoms with Crippen LogP contribution in [-0.4, -0.2) is 15.0 Å². The molecule has 0 amide bonds. The van der Waals surface area contributed by atoms with Crippen molar-refractivity contribution in [3.63, 3.8) is 0 Å². The molecule has 2 aromatic heterocycles. The fourth-order valence-corrected chi connectivity index (χ4v) is 10.3. The number of rotatable bonds is 5. The van der Waals surface area contributed by atoms with Gasteiger partial charge in [-0.3, -0.25) is 4.98 Å². The molecule has 1 spiro atoms. The molecule has 0 N–H and O–H groups in total. The minimum absolute atomic E-state index is 0.564. The predicted molar refractivity (Wildman–Crippen MR) is 233 cm³/mol. The number of fused-ring (bicyclic) bond motifs is 9. The summed E-state index contributed by atoms with van der Waals surface area (Å²) >= 11 is 1.87. The third-order valence-electron chi connectivity index (χ3n) is 11.6. The highest BCUT2D eigenvalue weighted by atomic mass is 32.2. The standard InChI is InChI=1S/C53H35N3S/c1-34-29-30-54-33-42(34)39-20-9-8-19-38(39)37-27-28-50-46(31-37)53(44-24-12-13-26-49(44)57-50)43-23-11-10-21-40(43)51-41(22-14-25-45(51)53)48-32-47(35-15-4-2-5-16-35)55-52(56-48)36-17-6-3-7-18-36/h2-33H,1H3. The molecule has 9 aromatic rings. The molecule has 4 heteroatoms. The number of benzene rings is 7. The van der Waals surface area contributed by atoms with E-state index in [0.717, 1.165) is 33.6 Å². The smallest absolute Gasteiger partial charge is 0.160 e. The van der Waals surface area contributed by atoms with E-state index in [1.165, 1.54) is 65.4 Å². The number of hydrogen-bond acceptors (Lipinski definition) is 4. The highest BCUT2D eigenvalue weighted by Crippen LogP contribution is 2.63. The molecule has 1 atom stereocenters. The summed E-state index contributed by atoms with van der Waals surface area (Å²) in [6.45, 7) is 2.16. The van der Waals surface area contributed by atoms with Gasteiger partial charge in [-0.25, -0.2) is 9.97 Å². The van der Waals surface area contributed by atoms with Crippen LogP contribution in [0, 0.1) is 6.92 Å². The fourth-order valence-electron chi connectivity index (χ4n) is 9.10. The molecule has 1 aliphatic carbocycles. The van der Waals surface area contributed by atoms with Crippen molar-refractivity contribution < 1.29 is 0 Å². The summed E-state index contributed by atoms with van der Waals surface area (Å²) < 4.78 is 0. The lowest BCUT2D eigenvalue weighted by atomic mass is 9.67. The molecule has 0 saturated carbocycles. The highest BCUT2D eigenvalue weighted by molar-refractivity contribution is 7.99. The van der Waals surface area contributed by atoms with Crippen molar-refractivity contribution >= 4 is 11.8 Å². The van der Waals surface area contributed by atoms with Crippen LogP contribution in [0.4, 0.5) is 0 Å². The van der Waals surface area contributed by atoms with E-state index in [2.05, 4.69) is 170 Å². The summed E-state index contributed by atoms with van der Waals surface area (Å²) in [5.41, 5.74) is 17.9. The van der Waals surface area contributed by atoms with E-state index in [-0.39, 0.29) is 0 Å². The van der Waals surface area contributed by atoms with Gasteiger partial charge in [0.1, 0.15) is 0 Å². The molecule has 0 radical (unpaired) electrons. The second kappa shape index (κ2) is 13.4. The van der Waals surface area contributed by atoms with Crippen LogP contribution in [0.1, 0.15) is 27.8 Å². The lowest BCUT2D eigenvalue weighted by molar-refractivity contribution is 0.723. The van der Waals surface area contributed by atoms with Crippen molar-refractivity contribution in [1.29, 1.82) is 0 Å². The van der Waals surface area contributed by atoms with E-state index in [1.54, 1.807) is 0 Å². The van der Waals surface area contributed by atoms with Gasteiger partial charge in [-0.2, -0.15) is 0 Å². The zero-order chi connectivity index (χ0) is 37.9. The monoisotopic (exact) mass is 745 g/mol. The second-order valence-corrected chi connectivity index (χ2v) is 15.8. The maximum Gasteiger partial charge on any atom is 0.160 e. The first-order valence-corrected chi connectivity index (χ1v) is 20.2. The third-order valence-corrected chi connectivity index (χ3v) is 12.8. The van der Waals surface area contributed by atoms with Crippen LogP contribution in [0.5, 0.6) is 0 Å². The first-order valence-electron chi connectivity index (χ1n) is 19.3. The average molecular weight is 746 g/mol. The normalized spacial score (nSPS) is 14.8. The molecule has 57 heavy (non-hydrogen) atoms. The van der Waals surface area contributed by atoms with Crippen LogP contribution in [0.3, 0.4) is 0 Å². The largest absolute Gasteiger partial charge is 0.264 e. The first kappa shape index (κ1) is 33.5. The molecule has 3 heterocycles. The van der Waals surface area contributed by atoms with E-state index in [9.17, 15) is 0 Å². The molecular formula is C53H35N3S. The molecule has 2 aliphatic rings. The Morgan fingerprint density at radius 2 is 1.05 bits per heavy atom. The van der Waals surface area contributed by atoms with Crippen molar-refractivity contribution in [2.45, 2.75) is 22.1 Å². The maximum absolute atomic E-state index is 5.35. The minimum Gasteiger partial charge on any atom is -0.264 e. The molecule has 1 unspecified atom stereocenters. The SMILES string of the molecule is Cc1ccncc1-c1ccccc1-c1ccc2c(c1)C1(c3ccccc3S2)c2ccccc2-c2c(-c3cc(-c4ccccc4)nc(-c4ccccc4)n3)cccc21. The van der Waals surface area contributed by atoms with E-state index in [4.69, 9.17) is 9.97 Å². The summed E-state index contributed by atoms with van der Waals surface area (Å²) in [6, 6.07) is 65.7. The van der Waals surface area contributed by atoms with Crippen LogP contribution < -0.4 is 0 Å². The van der Waals surface area contributed by atoms with Crippen LogP contribution in [0.15, 0.2) is 204 Å². The van der Waals surface area contributed by atoms with Crippen LogP contribution >= 0.6 is 11.8 Å². The average Bonchev–Trinajstić information content (AvgIpc) is 3.58. The fraction of sp³-hybridized carbons (Fsp3) is 0.0377. The molecule has 268 valence electrons. The lowest BCUT2D eigenvalue weighted by Crippen LogP contribution is -2.32. The number of aromatic nitrogens is 3. The predicted octanol–water partition coefficient (Wildman–Crippen LogP) is 13.3. The van der Waals surface area contributed by atoms with Gasteiger partial charge in [-0.1, -0.05) is 163 Å². The molecule has 1 aliphatic heterocycles. The first-order chi connectivity index (χ1) is 28.2. The Labute approximate surface area is 336 Å². The molecular weight excluding hydrogens is 711 g/mol. The third kappa shape index (κ3) is 5.25.